The van der Waals surface area contributed by atoms with Gasteiger partial charge in [0, 0.05) is 11.8 Å². The van der Waals surface area contributed by atoms with Crippen molar-refractivity contribution < 1.29 is 0 Å². The number of anilines is 1. The Morgan fingerprint density at radius 2 is 2.20 bits per heavy atom. The van der Waals surface area contributed by atoms with Crippen molar-refractivity contribution in [2.75, 3.05) is 18.1 Å². The molecular weight excluding hydrogens is 204 g/mol. The number of para-hydroxylation sites is 1. The molecule has 0 aliphatic carbocycles. The molecule has 1 N–H and O–H groups in total. The maximum atomic E-state index is 8.88. The number of rotatable bonds is 5. The van der Waals surface area contributed by atoms with Crippen LogP contribution in [0.3, 0.4) is 0 Å². The molecule has 0 heterocycles. The van der Waals surface area contributed by atoms with E-state index in [9.17, 15) is 0 Å². The van der Waals surface area contributed by atoms with E-state index < -0.39 is 0 Å². The molecule has 1 unspecified atom stereocenters. The molecule has 0 spiro atoms. The van der Waals surface area contributed by atoms with E-state index in [1.54, 1.807) is 0 Å². The molecule has 2 nitrogen and oxygen atoms in total. The van der Waals surface area contributed by atoms with E-state index in [0.717, 1.165) is 18.7 Å². The Morgan fingerprint density at radius 1 is 1.47 bits per heavy atom. The molecule has 1 aromatic rings. The second-order valence-corrected chi connectivity index (χ2v) is 4.70. The standard InChI is InChI=1S/C12H16N2S/c1-10(15-2)7-8-14-12-6-4-3-5-11(12)9-13/h3-6,10,14H,7-8H2,1-2H3. The van der Waals surface area contributed by atoms with E-state index in [1.165, 1.54) is 0 Å². The van der Waals surface area contributed by atoms with Crippen molar-refractivity contribution in [3.8, 4) is 6.07 Å². The lowest BCUT2D eigenvalue weighted by Gasteiger charge is -2.10. The lowest BCUT2D eigenvalue weighted by Crippen LogP contribution is -2.08. The van der Waals surface area contributed by atoms with Gasteiger partial charge < -0.3 is 5.32 Å². The van der Waals surface area contributed by atoms with Gasteiger partial charge in [-0.15, -0.1) is 0 Å². The van der Waals surface area contributed by atoms with Gasteiger partial charge in [0.05, 0.1) is 11.3 Å². The van der Waals surface area contributed by atoms with Gasteiger partial charge in [0.25, 0.3) is 0 Å². The molecule has 0 fully saturated rings. The Kier molecular flexibility index (Phi) is 5.06. The zero-order valence-electron chi connectivity index (χ0n) is 9.16. The summed E-state index contributed by atoms with van der Waals surface area (Å²) in [4.78, 5) is 0. The molecule has 0 amide bonds. The van der Waals surface area contributed by atoms with Crippen LogP contribution in [0.2, 0.25) is 0 Å². The van der Waals surface area contributed by atoms with Crippen LogP contribution in [0.15, 0.2) is 24.3 Å². The molecule has 0 saturated heterocycles. The summed E-state index contributed by atoms with van der Waals surface area (Å²) < 4.78 is 0. The first-order valence-electron chi connectivity index (χ1n) is 5.03. The van der Waals surface area contributed by atoms with Crippen LogP contribution in [-0.2, 0) is 0 Å². The van der Waals surface area contributed by atoms with Crippen molar-refractivity contribution in [3.63, 3.8) is 0 Å². The fraction of sp³-hybridized carbons (Fsp3) is 0.417. The van der Waals surface area contributed by atoms with Crippen molar-refractivity contribution >= 4 is 17.4 Å². The van der Waals surface area contributed by atoms with Gasteiger partial charge in [-0.1, -0.05) is 19.1 Å². The number of hydrogen-bond acceptors (Lipinski definition) is 3. The summed E-state index contributed by atoms with van der Waals surface area (Å²) in [6.45, 7) is 3.13. The number of nitrogens with zero attached hydrogens (tertiary/aromatic N) is 1. The van der Waals surface area contributed by atoms with Crippen molar-refractivity contribution in [3.05, 3.63) is 29.8 Å². The first kappa shape index (κ1) is 11.9. The van der Waals surface area contributed by atoms with E-state index in [0.29, 0.717) is 10.8 Å². The van der Waals surface area contributed by atoms with Gasteiger partial charge in [-0.25, -0.2) is 0 Å². The minimum absolute atomic E-state index is 0.659. The molecule has 1 rings (SSSR count). The molecule has 3 heteroatoms. The topological polar surface area (TPSA) is 35.8 Å². The van der Waals surface area contributed by atoms with E-state index >= 15 is 0 Å². The predicted octanol–water partition coefficient (Wildman–Crippen LogP) is 3.11. The lowest BCUT2D eigenvalue weighted by molar-refractivity contribution is 0.853. The molecule has 0 aliphatic rings. The SMILES string of the molecule is CSC(C)CCNc1ccccc1C#N. The largest absolute Gasteiger partial charge is 0.384 e. The molecule has 0 saturated carbocycles. The Labute approximate surface area is 95.7 Å². The molecule has 0 aromatic heterocycles. The van der Waals surface area contributed by atoms with Gasteiger partial charge >= 0.3 is 0 Å². The van der Waals surface area contributed by atoms with Gasteiger partial charge in [-0.05, 0) is 24.8 Å². The predicted molar refractivity (Wildman–Crippen MR) is 67.2 cm³/mol. The van der Waals surface area contributed by atoms with Gasteiger partial charge in [-0.3, -0.25) is 0 Å². The maximum Gasteiger partial charge on any atom is 0.101 e. The van der Waals surface area contributed by atoms with Crippen molar-refractivity contribution in [1.82, 2.24) is 0 Å². The molecule has 0 radical (unpaired) electrons. The normalized spacial score (nSPS) is 11.8. The van der Waals surface area contributed by atoms with E-state index in [2.05, 4.69) is 24.6 Å². The van der Waals surface area contributed by atoms with Gasteiger partial charge in [0.2, 0.25) is 0 Å². The maximum absolute atomic E-state index is 8.88. The van der Waals surface area contributed by atoms with Crippen LogP contribution in [0.25, 0.3) is 0 Å². The third kappa shape index (κ3) is 3.85. The van der Waals surface area contributed by atoms with Gasteiger partial charge in [-0.2, -0.15) is 17.0 Å². The average Bonchev–Trinajstić information content (AvgIpc) is 2.29. The van der Waals surface area contributed by atoms with Crippen molar-refractivity contribution in [1.29, 1.82) is 5.26 Å². The molecule has 1 aromatic carbocycles. The zero-order chi connectivity index (χ0) is 11.1. The number of hydrogen-bond donors (Lipinski definition) is 1. The first-order valence-corrected chi connectivity index (χ1v) is 6.32. The molecule has 1 atom stereocenters. The number of benzene rings is 1. The van der Waals surface area contributed by atoms with Crippen LogP contribution in [0, 0.1) is 11.3 Å². The second kappa shape index (κ2) is 6.36. The minimum atomic E-state index is 0.659. The Morgan fingerprint density at radius 3 is 2.87 bits per heavy atom. The Bertz CT molecular complexity index is 344. The summed E-state index contributed by atoms with van der Waals surface area (Å²) in [5.74, 6) is 0. The molecule has 15 heavy (non-hydrogen) atoms. The van der Waals surface area contributed by atoms with Crippen LogP contribution in [0.4, 0.5) is 5.69 Å². The second-order valence-electron chi connectivity index (χ2n) is 3.42. The van der Waals surface area contributed by atoms with Crippen LogP contribution in [0.1, 0.15) is 18.9 Å². The highest BCUT2D eigenvalue weighted by Crippen LogP contribution is 2.15. The van der Waals surface area contributed by atoms with Crippen molar-refractivity contribution in [2.24, 2.45) is 0 Å². The zero-order valence-corrected chi connectivity index (χ0v) is 9.97. The number of nitrogens with one attached hydrogen (secondary N) is 1. The van der Waals surface area contributed by atoms with Gasteiger partial charge in [0.15, 0.2) is 0 Å². The average molecular weight is 220 g/mol. The Hall–Kier alpha value is -1.14. The fourth-order valence-electron chi connectivity index (χ4n) is 1.26. The van der Waals surface area contributed by atoms with E-state index in [4.69, 9.17) is 5.26 Å². The summed E-state index contributed by atoms with van der Waals surface area (Å²) in [5, 5.41) is 12.8. The van der Waals surface area contributed by atoms with Crippen LogP contribution >= 0.6 is 11.8 Å². The molecule has 0 aliphatic heterocycles. The number of nitriles is 1. The third-order valence-electron chi connectivity index (χ3n) is 2.32. The van der Waals surface area contributed by atoms with E-state index in [-0.39, 0.29) is 0 Å². The molecule has 80 valence electrons. The molecular formula is C12H16N2S. The minimum Gasteiger partial charge on any atom is -0.384 e. The monoisotopic (exact) mass is 220 g/mol. The van der Waals surface area contributed by atoms with Crippen LogP contribution < -0.4 is 5.32 Å². The summed E-state index contributed by atoms with van der Waals surface area (Å²) in [5.41, 5.74) is 1.66. The van der Waals surface area contributed by atoms with Crippen LogP contribution in [-0.4, -0.2) is 18.1 Å². The highest BCUT2D eigenvalue weighted by molar-refractivity contribution is 7.99. The van der Waals surface area contributed by atoms with E-state index in [1.807, 2.05) is 36.0 Å². The summed E-state index contributed by atoms with van der Waals surface area (Å²) in [7, 11) is 0. The first-order chi connectivity index (χ1) is 7.27. The van der Waals surface area contributed by atoms with Gasteiger partial charge in [0.1, 0.15) is 6.07 Å². The molecule has 0 bridgehead atoms. The third-order valence-corrected chi connectivity index (χ3v) is 3.36. The quantitative estimate of drug-likeness (QED) is 0.828. The van der Waals surface area contributed by atoms with Crippen LogP contribution in [0.5, 0.6) is 0 Å². The summed E-state index contributed by atoms with van der Waals surface area (Å²) in [6, 6.07) is 9.79. The highest BCUT2D eigenvalue weighted by Gasteiger charge is 2.01. The summed E-state index contributed by atoms with van der Waals surface area (Å²) >= 11 is 1.86. The smallest absolute Gasteiger partial charge is 0.101 e. The summed E-state index contributed by atoms with van der Waals surface area (Å²) in [6.07, 6.45) is 3.23. The van der Waals surface area contributed by atoms with Crippen molar-refractivity contribution in [2.45, 2.75) is 18.6 Å². The number of thioether (sulfide) groups is 1. The highest BCUT2D eigenvalue weighted by atomic mass is 32.2. The Balaban J connectivity index is 2.47. The fourth-order valence-corrected chi connectivity index (χ4v) is 1.62. The lowest BCUT2D eigenvalue weighted by atomic mass is 10.2.